The van der Waals surface area contributed by atoms with Crippen molar-refractivity contribution in [2.45, 2.75) is 58.4 Å². The second-order valence-electron chi connectivity index (χ2n) is 8.80. The minimum absolute atomic E-state index is 0.00247. The number of amides is 2. The van der Waals surface area contributed by atoms with Crippen LogP contribution in [0.2, 0.25) is 0 Å². The number of aliphatic hydroxyl groups excluding tert-OH is 1. The van der Waals surface area contributed by atoms with Crippen LogP contribution in [-0.4, -0.2) is 48.4 Å². The normalized spacial score (nSPS) is 19.0. The van der Waals surface area contributed by atoms with Crippen LogP contribution in [-0.2, 0) is 15.6 Å². The minimum atomic E-state index is -0.294. The first-order valence-electron chi connectivity index (χ1n) is 8.95. The molecule has 1 atom stereocenters. The lowest BCUT2D eigenvalue weighted by Gasteiger charge is -2.35. The number of aliphatic hydroxyl groups is 1. The van der Waals surface area contributed by atoms with E-state index in [9.17, 15) is 9.90 Å². The zero-order valence-corrected chi connectivity index (χ0v) is 16.3. The number of benzene rings is 1. The van der Waals surface area contributed by atoms with Gasteiger partial charge in [-0.2, -0.15) is 0 Å². The molecule has 140 valence electrons. The van der Waals surface area contributed by atoms with Crippen LogP contribution in [0.1, 0.15) is 52.7 Å². The van der Waals surface area contributed by atoms with Gasteiger partial charge in [0.05, 0.1) is 25.9 Å². The molecule has 0 saturated carbocycles. The van der Waals surface area contributed by atoms with E-state index >= 15 is 0 Å². The average molecular weight is 348 g/mol. The Morgan fingerprint density at radius 1 is 1.24 bits per heavy atom. The van der Waals surface area contributed by atoms with E-state index in [1.54, 1.807) is 4.90 Å². The predicted molar refractivity (Wildman–Crippen MR) is 101 cm³/mol. The first-order chi connectivity index (χ1) is 11.5. The third-order valence-corrected chi connectivity index (χ3v) is 4.63. The van der Waals surface area contributed by atoms with Gasteiger partial charge in [-0.15, -0.1) is 0 Å². The number of nitrogens with one attached hydrogen (secondary N) is 1. The zero-order chi connectivity index (χ0) is 18.8. The molecule has 2 N–H and O–H groups in total. The van der Waals surface area contributed by atoms with Crippen molar-refractivity contribution >= 4 is 11.7 Å². The maximum atomic E-state index is 12.8. The molecular weight excluding hydrogens is 316 g/mol. The third kappa shape index (κ3) is 4.73. The number of anilines is 1. The molecule has 0 aliphatic carbocycles. The number of nitrogens with zero attached hydrogens (tertiary/aromatic N) is 1. The topological polar surface area (TPSA) is 61.8 Å². The molecule has 1 aliphatic rings. The van der Waals surface area contributed by atoms with Gasteiger partial charge in [0.25, 0.3) is 0 Å². The molecule has 1 saturated heterocycles. The Labute approximate surface area is 151 Å². The lowest BCUT2D eigenvalue weighted by Crippen LogP contribution is -2.52. The Morgan fingerprint density at radius 2 is 1.92 bits per heavy atom. The van der Waals surface area contributed by atoms with E-state index in [1.165, 1.54) is 5.56 Å². The Bertz CT molecular complexity index is 614. The van der Waals surface area contributed by atoms with Gasteiger partial charge in [-0.3, -0.25) is 0 Å². The number of carbonyl (C=O) groups excluding carboxylic acids is 1. The Kier molecular flexibility index (Phi) is 5.79. The molecule has 2 amide bonds. The number of urea groups is 1. The van der Waals surface area contributed by atoms with Crippen LogP contribution in [0.4, 0.5) is 10.5 Å². The number of morpholine rings is 1. The molecule has 0 radical (unpaired) electrons. The molecule has 1 heterocycles. The van der Waals surface area contributed by atoms with E-state index < -0.39 is 0 Å². The van der Waals surface area contributed by atoms with Gasteiger partial charge < -0.3 is 20.1 Å². The van der Waals surface area contributed by atoms with Gasteiger partial charge in [0.2, 0.25) is 0 Å². The van der Waals surface area contributed by atoms with Crippen molar-refractivity contribution in [2.24, 2.45) is 0 Å². The highest BCUT2D eigenvalue weighted by atomic mass is 16.5. The number of hydrogen-bond donors (Lipinski definition) is 2. The molecule has 1 aliphatic heterocycles. The second kappa shape index (κ2) is 7.34. The Balaban J connectivity index is 2.34. The summed E-state index contributed by atoms with van der Waals surface area (Å²) in [5, 5.41) is 12.6. The van der Waals surface area contributed by atoms with Crippen LogP contribution in [0.15, 0.2) is 18.2 Å². The lowest BCUT2D eigenvalue weighted by molar-refractivity contribution is -0.00485. The lowest BCUT2D eigenvalue weighted by atomic mass is 9.81. The van der Waals surface area contributed by atoms with Gasteiger partial charge in [-0.25, -0.2) is 4.79 Å². The molecule has 5 nitrogen and oxygen atoms in total. The summed E-state index contributed by atoms with van der Waals surface area (Å²) in [5.74, 6) is 0. The summed E-state index contributed by atoms with van der Waals surface area (Å²) in [6.07, 6.45) is 0. The fraction of sp³-hybridized carbons (Fsp3) is 0.650. The van der Waals surface area contributed by atoms with Gasteiger partial charge >= 0.3 is 6.03 Å². The first-order valence-corrected chi connectivity index (χ1v) is 8.95. The van der Waals surface area contributed by atoms with E-state index in [0.717, 1.165) is 11.3 Å². The molecule has 25 heavy (non-hydrogen) atoms. The van der Waals surface area contributed by atoms with E-state index in [1.807, 2.05) is 0 Å². The average Bonchev–Trinajstić information content (AvgIpc) is 2.52. The molecule has 0 spiro atoms. The second-order valence-corrected chi connectivity index (χ2v) is 8.80. The largest absolute Gasteiger partial charge is 0.394 e. The SMILES string of the molecule is CC(C)(C)c1ccc(C(C)(C)C)c(NC(=O)N2CCOC[C@H]2CO)c1. The highest BCUT2D eigenvalue weighted by Crippen LogP contribution is 2.34. The number of carbonyl (C=O) groups is 1. The van der Waals surface area contributed by atoms with Gasteiger partial charge in [0.1, 0.15) is 0 Å². The summed E-state index contributed by atoms with van der Waals surface area (Å²) in [7, 11) is 0. The molecule has 5 heteroatoms. The van der Waals surface area contributed by atoms with Crippen molar-refractivity contribution in [3.05, 3.63) is 29.3 Å². The van der Waals surface area contributed by atoms with Crippen LogP contribution in [0.25, 0.3) is 0 Å². The molecule has 0 bridgehead atoms. The summed E-state index contributed by atoms with van der Waals surface area (Å²) in [6.45, 7) is 14.2. The number of hydrogen-bond acceptors (Lipinski definition) is 3. The summed E-state index contributed by atoms with van der Waals surface area (Å²) >= 11 is 0. The van der Waals surface area contributed by atoms with Crippen molar-refractivity contribution in [3.63, 3.8) is 0 Å². The van der Waals surface area contributed by atoms with Crippen molar-refractivity contribution in [2.75, 3.05) is 31.7 Å². The van der Waals surface area contributed by atoms with E-state index in [-0.39, 0.29) is 29.5 Å². The maximum Gasteiger partial charge on any atom is 0.322 e. The highest BCUT2D eigenvalue weighted by Gasteiger charge is 2.28. The molecule has 2 rings (SSSR count). The van der Waals surface area contributed by atoms with E-state index in [0.29, 0.717) is 19.8 Å². The van der Waals surface area contributed by atoms with Crippen LogP contribution in [0, 0.1) is 0 Å². The van der Waals surface area contributed by atoms with Gasteiger partial charge in [0.15, 0.2) is 0 Å². The minimum Gasteiger partial charge on any atom is -0.394 e. The smallest absolute Gasteiger partial charge is 0.322 e. The summed E-state index contributed by atoms with van der Waals surface area (Å²) in [6, 6.07) is 5.85. The standard InChI is InChI=1S/C20H32N2O3/c1-19(2,3)14-7-8-16(20(4,5)6)17(11-14)21-18(24)22-9-10-25-13-15(22)12-23/h7-8,11,15,23H,9-10,12-13H2,1-6H3,(H,21,24)/t15-/m1/s1. The zero-order valence-electron chi connectivity index (χ0n) is 16.3. The van der Waals surface area contributed by atoms with Crippen molar-refractivity contribution < 1.29 is 14.6 Å². The molecular formula is C20H32N2O3. The van der Waals surface area contributed by atoms with E-state index in [4.69, 9.17) is 4.74 Å². The third-order valence-electron chi connectivity index (χ3n) is 4.63. The maximum absolute atomic E-state index is 12.8. The molecule has 1 aromatic carbocycles. The molecule has 1 aromatic rings. The monoisotopic (exact) mass is 348 g/mol. The first kappa shape index (κ1) is 19.7. The fourth-order valence-corrected chi connectivity index (χ4v) is 3.03. The van der Waals surface area contributed by atoms with Crippen LogP contribution >= 0.6 is 0 Å². The summed E-state index contributed by atoms with van der Waals surface area (Å²) < 4.78 is 5.36. The Morgan fingerprint density at radius 3 is 2.48 bits per heavy atom. The number of rotatable bonds is 2. The van der Waals surface area contributed by atoms with Crippen molar-refractivity contribution in [1.82, 2.24) is 4.90 Å². The van der Waals surface area contributed by atoms with Crippen LogP contribution in [0.5, 0.6) is 0 Å². The van der Waals surface area contributed by atoms with Gasteiger partial charge in [-0.1, -0.05) is 53.7 Å². The molecule has 0 aromatic heterocycles. The van der Waals surface area contributed by atoms with Crippen LogP contribution in [0.3, 0.4) is 0 Å². The predicted octanol–water partition coefficient (Wildman–Crippen LogP) is 3.51. The van der Waals surface area contributed by atoms with Gasteiger partial charge in [-0.05, 0) is 28.0 Å². The number of ether oxygens (including phenoxy) is 1. The van der Waals surface area contributed by atoms with E-state index in [2.05, 4.69) is 65.1 Å². The fourth-order valence-electron chi connectivity index (χ4n) is 3.03. The van der Waals surface area contributed by atoms with Crippen LogP contribution < -0.4 is 5.32 Å². The molecule has 0 unspecified atom stereocenters. The molecule has 1 fully saturated rings. The summed E-state index contributed by atoms with van der Waals surface area (Å²) in [5.41, 5.74) is 3.04. The quantitative estimate of drug-likeness (QED) is 0.860. The summed E-state index contributed by atoms with van der Waals surface area (Å²) in [4.78, 5) is 14.5. The van der Waals surface area contributed by atoms with Crippen molar-refractivity contribution in [3.8, 4) is 0 Å². The van der Waals surface area contributed by atoms with Crippen molar-refractivity contribution in [1.29, 1.82) is 0 Å². The van der Waals surface area contributed by atoms with Gasteiger partial charge in [0, 0.05) is 12.2 Å². The highest BCUT2D eigenvalue weighted by molar-refractivity contribution is 5.91. The Hall–Kier alpha value is -1.59.